The zero-order valence-electron chi connectivity index (χ0n) is 4.22. The fourth-order valence-corrected chi connectivity index (χ4v) is 1.35. The average molecular weight is 99.1 g/mol. The standard InChI is InChI=1S/C5H9NO/c7-5-2-1-3-6(5)4-5/h7H,1-4H2. The molecule has 0 amide bonds. The maximum Gasteiger partial charge on any atom is 0.131 e. The topological polar surface area (TPSA) is 23.2 Å². The first-order valence-corrected chi connectivity index (χ1v) is 2.79. The molecule has 2 heterocycles. The molecule has 2 saturated heterocycles. The summed E-state index contributed by atoms with van der Waals surface area (Å²) in [4.78, 5) is 2.10. The second kappa shape index (κ2) is 0.858. The molecule has 7 heavy (non-hydrogen) atoms. The van der Waals surface area contributed by atoms with Crippen molar-refractivity contribution < 1.29 is 5.11 Å². The van der Waals surface area contributed by atoms with Crippen molar-refractivity contribution in [2.24, 2.45) is 0 Å². The van der Waals surface area contributed by atoms with Crippen LogP contribution in [0.5, 0.6) is 0 Å². The molecule has 0 aliphatic carbocycles. The highest BCUT2D eigenvalue weighted by Gasteiger charge is 2.53. The summed E-state index contributed by atoms with van der Waals surface area (Å²) in [6.45, 7) is 2.06. The van der Waals surface area contributed by atoms with Crippen LogP contribution in [0.15, 0.2) is 0 Å². The molecule has 0 aromatic rings. The first-order valence-electron chi connectivity index (χ1n) is 2.79. The molecule has 2 unspecified atom stereocenters. The quantitative estimate of drug-likeness (QED) is 0.424. The summed E-state index contributed by atoms with van der Waals surface area (Å²) in [6.07, 6.45) is 2.20. The zero-order chi connectivity index (χ0) is 4.91. The third kappa shape index (κ3) is 0.359. The largest absolute Gasteiger partial charge is 0.374 e. The van der Waals surface area contributed by atoms with Crippen LogP contribution in [0.2, 0.25) is 0 Å². The average Bonchev–Trinajstić information content (AvgIpc) is 2.09. The fraction of sp³-hybridized carbons (Fsp3) is 1.00. The summed E-state index contributed by atoms with van der Waals surface area (Å²) in [5, 5.41) is 9.19. The lowest BCUT2D eigenvalue weighted by atomic mass is 10.2. The summed E-state index contributed by atoms with van der Waals surface area (Å²) in [6, 6.07) is 0. The fourth-order valence-electron chi connectivity index (χ4n) is 1.35. The predicted octanol–water partition coefficient (Wildman–Crippen LogP) is -0.216. The number of hydrogen-bond donors (Lipinski definition) is 1. The van der Waals surface area contributed by atoms with E-state index in [9.17, 15) is 5.11 Å². The molecule has 2 aliphatic heterocycles. The molecule has 2 fully saturated rings. The molecule has 0 aromatic heterocycles. The van der Waals surface area contributed by atoms with Crippen molar-refractivity contribution >= 4 is 0 Å². The predicted molar refractivity (Wildman–Crippen MR) is 25.8 cm³/mol. The highest BCUT2D eigenvalue weighted by atomic mass is 16.3. The van der Waals surface area contributed by atoms with E-state index in [1.54, 1.807) is 0 Å². The van der Waals surface area contributed by atoms with Crippen molar-refractivity contribution in [1.82, 2.24) is 4.90 Å². The van der Waals surface area contributed by atoms with Crippen LogP contribution in [0.3, 0.4) is 0 Å². The summed E-state index contributed by atoms with van der Waals surface area (Å²) in [7, 11) is 0. The molecular weight excluding hydrogens is 90.1 g/mol. The summed E-state index contributed by atoms with van der Waals surface area (Å²) in [5.74, 6) is 0. The van der Waals surface area contributed by atoms with E-state index < -0.39 is 0 Å². The van der Waals surface area contributed by atoms with Gasteiger partial charge in [0.1, 0.15) is 5.72 Å². The van der Waals surface area contributed by atoms with Crippen molar-refractivity contribution in [3.63, 3.8) is 0 Å². The van der Waals surface area contributed by atoms with Gasteiger partial charge in [-0.05, 0) is 12.8 Å². The minimum absolute atomic E-state index is 0.306. The van der Waals surface area contributed by atoms with E-state index in [1.165, 1.54) is 6.42 Å². The normalized spacial score (nSPS) is 57.0. The Morgan fingerprint density at radius 1 is 1.57 bits per heavy atom. The van der Waals surface area contributed by atoms with Gasteiger partial charge in [0, 0.05) is 13.1 Å². The Balaban J connectivity index is 2.17. The molecule has 2 rings (SSSR count). The van der Waals surface area contributed by atoms with Gasteiger partial charge in [0.15, 0.2) is 0 Å². The highest BCUT2D eigenvalue weighted by molar-refractivity contribution is 5.01. The molecule has 2 aliphatic rings. The molecule has 0 bridgehead atoms. The molecule has 1 N–H and O–H groups in total. The van der Waals surface area contributed by atoms with Gasteiger partial charge in [0.05, 0.1) is 0 Å². The lowest BCUT2D eigenvalue weighted by molar-refractivity contribution is 0.112. The van der Waals surface area contributed by atoms with E-state index in [0.29, 0.717) is 0 Å². The molecule has 40 valence electrons. The van der Waals surface area contributed by atoms with Crippen LogP contribution in [-0.4, -0.2) is 28.8 Å². The van der Waals surface area contributed by atoms with Gasteiger partial charge in [-0.15, -0.1) is 0 Å². The van der Waals surface area contributed by atoms with E-state index in [4.69, 9.17) is 0 Å². The molecule has 0 radical (unpaired) electrons. The van der Waals surface area contributed by atoms with E-state index in [1.807, 2.05) is 0 Å². The zero-order valence-corrected chi connectivity index (χ0v) is 4.22. The van der Waals surface area contributed by atoms with Crippen LogP contribution >= 0.6 is 0 Å². The smallest absolute Gasteiger partial charge is 0.131 e. The number of piperidine rings is 1. The molecule has 0 aromatic carbocycles. The van der Waals surface area contributed by atoms with Gasteiger partial charge in [-0.25, -0.2) is 0 Å². The van der Waals surface area contributed by atoms with Crippen molar-refractivity contribution in [1.29, 1.82) is 0 Å². The first-order chi connectivity index (χ1) is 3.31. The second-order valence-electron chi connectivity index (χ2n) is 2.51. The van der Waals surface area contributed by atoms with Gasteiger partial charge in [-0.3, -0.25) is 4.90 Å². The van der Waals surface area contributed by atoms with Crippen LogP contribution < -0.4 is 0 Å². The number of hydrogen-bond acceptors (Lipinski definition) is 2. The second-order valence-corrected chi connectivity index (χ2v) is 2.51. The number of rotatable bonds is 0. The van der Waals surface area contributed by atoms with E-state index >= 15 is 0 Å². The molecule has 2 atom stereocenters. The van der Waals surface area contributed by atoms with E-state index in [0.717, 1.165) is 19.5 Å². The van der Waals surface area contributed by atoms with Crippen LogP contribution in [0.4, 0.5) is 0 Å². The van der Waals surface area contributed by atoms with Gasteiger partial charge in [0.2, 0.25) is 0 Å². The molecule has 0 spiro atoms. The number of nitrogens with zero attached hydrogens (tertiary/aromatic N) is 1. The lowest BCUT2D eigenvalue weighted by Gasteiger charge is -1.94. The van der Waals surface area contributed by atoms with Gasteiger partial charge >= 0.3 is 0 Å². The lowest BCUT2D eigenvalue weighted by Crippen LogP contribution is -2.07. The van der Waals surface area contributed by atoms with Crippen molar-refractivity contribution in [3.05, 3.63) is 0 Å². The Hall–Kier alpha value is -0.0800. The van der Waals surface area contributed by atoms with Crippen LogP contribution in [0, 0.1) is 0 Å². The minimum Gasteiger partial charge on any atom is -0.374 e. The van der Waals surface area contributed by atoms with Crippen molar-refractivity contribution in [3.8, 4) is 0 Å². The van der Waals surface area contributed by atoms with E-state index in [2.05, 4.69) is 4.90 Å². The molecular formula is C5H9NO. The number of aliphatic hydroxyl groups is 1. The van der Waals surface area contributed by atoms with Crippen LogP contribution in [0.1, 0.15) is 12.8 Å². The molecule has 2 heteroatoms. The van der Waals surface area contributed by atoms with Gasteiger partial charge in [-0.1, -0.05) is 0 Å². The maximum atomic E-state index is 9.19. The maximum absolute atomic E-state index is 9.19. The Bertz CT molecular complexity index is 102. The third-order valence-electron chi connectivity index (χ3n) is 1.93. The van der Waals surface area contributed by atoms with Gasteiger partial charge in [0.25, 0.3) is 0 Å². The Morgan fingerprint density at radius 3 is 2.57 bits per heavy atom. The van der Waals surface area contributed by atoms with Crippen LogP contribution in [0.25, 0.3) is 0 Å². The Morgan fingerprint density at radius 2 is 2.43 bits per heavy atom. The number of fused-ring (bicyclic) bond motifs is 1. The van der Waals surface area contributed by atoms with Gasteiger partial charge < -0.3 is 5.11 Å². The van der Waals surface area contributed by atoms with Crippen LogP contribution in [-0.2, 0) is 0 Å². The Kier molecular flexibility index (Phi) is 0.474. The SMILES string of the molecule is OC12CCCN1C2. The molecule has 2 nitrogen and oxygen atoms in total. The minimum atomic E-state index is -0.306. The van der Waals surface area contributed by atoms with Crippen molar-refractivity contribution in [2.75, 3.05) is 13.1 Å². The highest BCUT2D eigenvalue weighted by Crippen LogP contribution is 2.39. The summed E-state index contributed by atoms with van der Waals surface area (Å²) < 4.78 is 0. The third-order valence-corrected chi connectivity index (χ3v) is 1.93. The van der Waals surface area contributed by atoms with Crippen molar-refractivity contribution in [2.45, 2.75) is 18.6 Å². The summed E-state index contributed by atoms with van der Waals surface area (Å²) >= 11 is 0. The van der Waals surface area contributed by atoms with E-state index in [-0.39, 0.29) is 5.72 Å². The monoisotopic (exact) mass is 99.1 g/mol. The Labute approximate surface area is 42.7 Å². The summed E-state index contributed by atoms with van der Waals surface area (Å²) in [5.41, 5.74) is -0.306. The first kappa shape index (κ1) is 3.87. The molecule has 0 saturated carbocycles. The van der Waals surface area contributed by atoms with Gasteiger partial charge in [-0.2, -0.15) is 0 Å².